The van der Waals surface area contributed by atoms with Crippen molar-refractivity contribution in [2.45, 2.75) is 26.0 Å². The van der Waals surface area contributed by atoms with Gasteiger partial charge in [-0.3, -0.25) is 14.9 Å². The van der Waals surface area contributed by atoms with Gasteiger partial charge in [0.15, 0.2) is 11.9 Å². The molecule has 0 spiro atoms. The molecule has 4 aromatic rings. The Morgan fingerprint density at radius 2 is 1.65 bits per heavy atom. The van der Waals surface area contributed by atoms with Gasteiger partial charge < -0.3 is 19.3 Å². The van der Waals surface area contributed by atoms with Crippen molar-refractivity contribution >= 4 is 34.8 Å². The number of carbonyl (C=O) groups excluding carboxylic acids is 2. The lowest BCUT2D eigenvalue weighted by Gasteiger charge is -2.20. The summed E-state index contributed by atoms with van der Waals surface area (Å²) in [5.41, 5.74) is 2.57. The lowest BCUT2D eigenvalue weighted by atomic mass is 10.0. The smallest absolute Gasteiger partial charge is 0.413 e. The summed E-state index contributed by atoms with van der Waals surface area (Å²) in [5, 5.41) is 11.8. The van der Waals surface area contributed by atoms with Gasteiger partial charge in [0.25, 0.3) is 0 Å². The molecule has 190 valence electrons. The molecule has 2 aromatic carbocycles. The zero-order valence-electron chi connectivity index (χ0n) is 20.3. The van der Waals surface area contributed by atoms with Gasteiger partial charge in [-0.1, -0.05) is 67.6 Å². The molecule has 0 fully saturated rings. The molecule has 37 heavy (non-hydrogen) atoms. The van der Waals surface area contributed by atoms with E-state index in [-0.39, 0.29) is 24.8 Å². The molecule has 10 nitrogen and oxygen atoms in total. The second-order valence-corrected chi connectivity index (χ2v) is 8.34. The van der Waals surface area contributed by atoms with E-state index in [0.717, 1.165) is 11.1 Å². The molecule has 2 heterocycles. The molecule has 0 bridgehead atoms. The van der Waals surface area contributed by atoms with E-state index >= 15 is 0 Å². The molecule has 0 saturated carbocycles. The number of imidazole rings is 1. The zero-order valence-corrected chi connectivity index (χ0v) is 20.3. The number of nitrogens with zero attached hydrogens (tertiary/aromatic N) is 4. The molecular weight excluding hydrogens is 474 g/mol. The third-order valence-electron chi connectivity index (χ3n) is 5.67. The number of aliphatic carboxylic acids is 1. The molecule has 0 aliphatic heterocycles. The quantitative estimate of drug-likeness (QED) is 0.335. The van der Waals surface area contributed by atoms with Gasteiger partial charge in [0.1, 0.15) is 18.6 Å². The number of carboxylic acids is 1. The number of nitrogens with one attached hydrogen (secondary N) is 1. The van der Waals surface area contributed by atoms with Crippen LogP contribution in [-0.4, -0.2) is 55.6 Å². The highest BCUT2D eigenvalue weighted by molar-refractivity contribution is 5.95. The maximum atomic E-state index is 12.9. The number of hydrogen-bond donors (Lipinski definition) is 2. The van der Waals surface area contributed by atoms with Gasteiger partial charge in [-0.2, -0.15) is 0 Å². The molecule has 2 N–H and O–H groups in total. The molecule has 0 radical (unpaired) electrons. The standard InChI is InChI=1S/C27H27N5O5/c1-2-15-31(17-23(34)35)22(33)16-32-18-29-24-21(32)13-14-28-26(24)30-27(36)37-25(19-9-5-3-6-10-19)20-11-7-4-8-12-20/h3-14,18,25H,2,15-17H2,1H3,(H,34,35)(H,28,30,36). The fourth-order valence-electron chi connectivity index (χ4n) is 4.00. The molecule has 0 aliphatic carbocycles. The predicted octanol–water partition coefficient (Wildman–Crippen LogP) is 4.09. The number of ether oxygens (including phenoxy) is 1. The zero-order chi connectivity index (χ0) is 26.2. The summed E-state index contributed by atoms with van der Waals surface area (Å²) in [6.07, 6.45) is 2.25. The summed E-state index contributed by atoms with van der Waals surface area (Å²) in [6.45, 7) is 1.74. The Bertz CT molecular complexity index is 1330. The maximum absolute atomic E-state index is 12.9. The molecule has 0 saturated heterocycles. The van der Waals surface area contributed by atoms with Gasteiger partial charge >= 0.3 is 12.1 Å². The summed E-state index contributed by atoms with van der Waals surface area (Å²) in [7, 11) is 0. The van der Waals surface area contributed by atoms with Gasteiger partial charge in [-0.25, -0.2) is 14.8 Å². The number of aromatic nitrogens is 3. The first-order valence-corrected chi connectivity index (χ1v) is 11.8. The summed E-state index contributed by atoms with van der Waals surface area (Å²) < 4.78 is 7.40. The van der Waals surface area contributed by atoms with Crippen LogP contribution in [0.25, 0.3) is 11.0 Å². The van der Waals surface area contributed by atoms with Crippen molar-refractivity contribution in [1.29, 1.82) is 0 Å². The number of benzene rings is 2. The highest BCUT2D eigenvalue weighted by Gasteiger charge is 2.21. The second-order valence-electron chi connectivity index (χ2n) is 8.34. The molecule has 0 atom stereocenters. The minimum atomic E-state index is -1.07. The van der Waals surface area contributed by atoms with Crippen molar-refractivity contribution in [1.82, 2.24) is 19.4 Å². The van der Waals surface area contributed by atoms with Crippen molar-refractivity contribution in [2.24, 2.45) is 0 Å². The number of amides is 2. The number of carboxylic acid groups (broad SMARTS) is 1. The van der Waals surface area contributed by atoms with Gasteiger partial charge in [0.2, 0.25) is 5.91 Å². The third-order valence-corrected chi connectivity index (χ3v) is 5.67. The Morgan fingerprint density at radius 3 is 2.24 bits per heavy atom. The van der Waals surface area contributed by atoms with Crippen LogP contribution in [0.15, 0.2) is 79.3 Å². The van der Waals surface area contributed by atoms with E-state index in [9.17, 15) is 14.4 Å². The Hall–Kier alpha value is -4.73. The number of hydrogen-bond acceptors (Lipinski definition) is 6. The van der Waals surface area contributed by atoms with Crippen molar-refractivity contribution in [3.05, 3.63) is 90.4 Å². The number of fused-ring (bicyclic) bond motifs is 1. The number of anilines is 1. The van der Waals surface area contributed by atoms with Crippen LogP contribution < -0.4 is 5.32 Å². The predicted molar refractivity (Wildman–Crippen MR) is 137 cm³/mol. The molecule has 2 amide bonds. The summed E-state index contributed by atoms with van der Waals surface area (Å²) in [5.74, 6) is -1.23. The molecule has 4 rings (SSSR count). The van der Waals surface area contributed by atoms with E-state index < -0.39 is 18.2 Å². The van der Waals surface area contributed by atoms with E-state index in [1.165, 1.54) is 17.4 Å². The Morgan fingerprint density at radius 1 is 1.00 bits per heavy atom. The van der Waals surface area contributed by atoms with Crippen molar-refractivity contribution in [3.8, 4) is 0 Å². The maximum Gasteiger partial charge on any atom is 0.413 e. The highest BCUT2D eigenvalue weighted by Crippen LogP contribution is 2.27. The first-order chi connectivity index (χ1) is 18.0. The summed E-state index contributed by atoms with van der Waals surface area (Å²) in [6, 6.07) is 20.5. The van der Waals surface area contributed by atoms with Crippen LogP contribution in [0.2, 0.25) is 0 Å². The van der Waals surface area contributed by atoms with E-state index in [2.05, 4.69) is 15.3 Å². The van der Waals surface area contributed by atoms with E-state index in [1.54, 1.807) is 10.6 Å². The lowest BCUT2D eigenvalue weighted by molar-refractivity contribution is -0.144. The molecular formula is C27H27N5O5. The Kier molecular flexibility index (Phi) is 8.09. The normalized spacial score (nSPS) is 10.9. The van der Waals surface area contributed by atoms with Crippen LogP contribution in [-0.2, 0) is 20.9 Å². The summed E-state index contributed by atoms with van der Waals surface area (Å²) >= 11 is 0. The number of carbonyl (C=O) groups is 3. The molecule has 2 aromatic heterocycles. The average Bonchev–Trinajstić information content (AvgIpc) is 3.31. The second kappa shape index (κ2) is 11.8. The minimum Gasteiger partial charge on any atom is -0.480 e. The van der Waals surface area contributed by atoms with Crippen LogP contribution in [0.4, 0.5) is 10.6 Å². The van der Waals surface area contributed by atoms with Gasteiger partial charge in [0, 0.05) is 12.7 Å². The van der Waals surface area contributed by atoms with Gasteiger partial charge in [-0.15, -0.1) is 0 Å². The van der Waals surface area contributed by atoms with E-state index in [0.29, 0.717) is 24.0 Å². The van der Waals surface area contributed by atoms with Gasteiger partial charge in [-0.05, 0) is 23.6 Å². The number of pyridine rings is 1. The highest BCUT2D eigenvalue weighted by atomic mass is 16.6. The van der Waals surface area contributed by atoms with Crippen LogP contribution in [0.5, 0.6) is 0 Å². The van der Waals surface area contributed by atoms with Crippen LogP contribution >= 0.6 is 0 Å². The SMILES string of the molecule is CCCN(CC(=O)O)C(=O)Cn1cnc2c(NC(=O)OC(c3ccccc3)c3ccccc3)nccc21. The Balaban J connectivity index is 1.52. The topological polar surface area (TPSA) is 127 Å². The van der Waals surface area contributed by atoms with Crippen molar-refractivity contribution in [2.75, 3.05) is 18.4 Å². The van der Waals surface area contributed by atoms with Crippen molar-refractivity contribution < 1.29 is 24.2 Å². The van der Waals surface area contributed by atoms with Crippen LogP contribution in [0.1, 0.15) is 30.6 Å². The van der Waals surface area contributed by atoms with Gasteiger partial charge in [0.05, 0.1) is 11.8 Å². The largest absolute Gasteiger partial charge is 0.480 e. The van der Waals surface area contributed by atoms with E-state index in [4.69, 9.17) is 9.84 Å². The van der Waals surface area contributed by atoms with Crippen LogP contribution in [0.3, 0.4) is 0 Å². The first-order valence-electron chi connectivity index (χ1n) is 11.8. The minimum absolute atomic E-state index is 0.0955. The fourth-order valence-corrected chi connectivity index (χ4v) is 4.00. The van der Waals surface area contributed by atoms with E-state index in [1.807, 2.05) is 67.6 Å². The number of rotatable bonds is 10. The fraction of sp³-hybridized carbons (Fsp3) is 0.222. The molecule has 0 aliphatic rings. The monoisotopic (exact) mass is 501 g/mol. The lowest BCUT2D eigenvalue weighted by Crippen LogP contribution is -2.38. The molecule has 0 unspecified atom stereocenters. The Labute approximate surface area is 213 Å². The average molecular weight is 502 g/mol. The third kappa shape index (κ3) is 6.29. The van der Waals surface area contributed by atoms with Crippen LogP contribution in [0, 0.1) is 0 Å². The summed E-state index contributed by atoms with van der Waals surface area (Å²) in [4.78, 5) is 46.7. The molecule has 10 heteroatoms. The first kappa shape index (κ1) is 25.4. The van der Waals surface area contributed by atoms with Crippen molar-refractivity contribution in [3.63, 3.8) is 0 Å².